The van der Waals surface area contributed by atoms with E-state index in [-0.39, 0.29) is 0 Å². The Morgan fingerprint density at radius 1 is 1.22 bits per heavy atom. The standard InChI is InChI=1S/C14H22N2O2/c1-4-13(14(17)18)15-11-7-9-12(10-8-11)16(5-2)6-3/h7-10,13,15H,4-6H2,1-3H3,(H,17,18). The zero-order chi connectivity index (χ0) is 13.5. The molecule has 100 valence electrons. The molecule has 0 bridgehead atoms. The van der Waals surface area contributed by atoms with Crippen molar-refractivity contribution in [3.63, 3.8) is 0 Å². The summed E-state index contributed by atoms with van der Waals surface area (Å²) >= 11 is 0. The summed E-state index contributed by atoms with van der Waals surface area (Å²) in [6.07, 6.45) is 0.563. The fraction of sp³-hybridized carbons (Fsp3) is 0.500. The van der Waals surface area contributed by atoms with E-state index < -0.39 is 12.0 Å². The van der Waals surface area contributed by atoms with Gasteiger partial charge in [-0.15, -0.1) is 0 Å². The van der Waals surface area contributed by atoms with Gasteiger partial charge in [-0.3, -0.25) is 0 Å². The van der Waals surface area contributed by atoms with Crippen LogP contribution in [0.2, 0.25) is 0 Å². The zero-order valence-electron chi connectivity index (χ0n) is 11.3. The van der Waals surface area contributed by atoms with E-state index in [9.17, 15) is 4.79 Å². The van der Waals surface area contributed by atoms with Gasteiger partial charge in [-0.1, -0.05) is 6.92 Å². The molecule has 0 aliphatic carbocycles. The van der Waals surface area contributed by atoms with Gasteiger partial charge in [0.2, 0.25) is 0 Å². The number of nitrogens with zero attached hydrogens (tertiary/aromatic N) is 1. The predicted octanol–water partition coefficient (Wildman–Crippen LogP) is 2.81. The van der Waals surface area contributed by atoms with E-state index in [2.05, 4.69) is 24.1 Å². The van der Waals surface area contributed by atoms with Gasteiger partial charge < -0.3 is 15.3 Å². The number of carboxylic acid groups (broad SMARTS) is 1. The van der Waals surface area contributed by atoms with Gasteiger partial charge in [-0.25, -0.2) is 4.79 Å². The summed E-state index contributed by atoms with van der Waals surface area (Å²) in [5, 5.41) is 12.0. The van der Waals surface area contributed by atoms with Crippen molar-refractivity contribution in [3.05, 3.63) is 24.3 Å². The topological polar surface area (TPSA) is 52.6 Å². The highest BCUT2D eigenvalue weighted by Crippen LogP contribution is 2.18. The van der Waals surface area contributed by atoms with Crippen molar-refractivity contribution in [3.8, 4) is 0 Å². The van der Waals surface area contributed by atoms with Crippen molar-refractivity contribution in [2.75, 3.05) is 23.3 Å². The molecule has 0 amide bonds. The summed E-state index contributed by atoms with van der Waals surface area (Å²) < 4.78 is 0. The molecule has 1 rings (SSSR count). The summed E-state index contributed by atoms with van der Waals surface area (Å²) in [5.74, 6) is -0.815. The number of hydrogen-bond acceptors (Lipinski definition) is 3. The van der Waals surface area contributed by atoms with Crippen molar-refractivity contribution in [2.24, 2.45) is 0 Å². The van der Waals surface area contributed by atoms with E-state index in [4.69, 9.17) is 5.11 Å². The Morgan fingerprint density at radius 3 is 2.17 bits per heavy atom. The molecule has 0 fully saturated rings. The maximum atomic E-state index is 10.9. The number of aliphatic carboxylic acids is 1. The monoisotopic (exact) mass is 250 g/mol. The number of carboxylic acids is 1. The minimum absolute atomic E-state index is 0.524. The Hall–Kier alpha value is -1.71. The van der Waals surface area contributed by atoms with Crippen molar-refractivity contribution in [2.45, 2.75) is 33.2 Å². The first-order chi connectivity index (χ1) is 8.62. The molecule has 1 aromatic rings. The molecule has 1 unspecified atom stereocenters. The zero-order valence-corrected chi connectivity index (χ0v) is 11.3. The minimum atomic E-state index is -0.815. The Bertz CT molecular complexity index is 372. The Morgan fingerprint density at radius 2 is 1.78 bits per heavy atom. The van der Waals surface area contributed by atoms with Crippen molar-refractivity contribution in [1.29, 1.82) is 0 Å². The van der Waals surface area contributed by atoms with Gasteiger partial charge in [-0.05, 0) is 44.5 Å². The molecular weight excluding hydrogens is 228 g/mol. The summed E-state index contributed by atoms with van der Waals surface area (Å²) in [7, 11) is 0. The van der Waals surface area contributed by atoms with Crippen LogP contribution in [0.15, 0.2) is 24.3 Å². The van der Waals surface area contributed by atoms with E-state index in [1.807, 2.05) is 31.2 Å². The van der Waals surface area contributed by atoms with Crippen molar-refractivity contribution >= 4 is 17.3 Å². The van der Waals surface area contributed by atoms with Crippen LogP contribution in [0.3, 0.4) is 0 Å². The van der Waals surface area contributed by atoms with E-state index in [1.54, 1.807) is 0 Å². The van der Waals surface area contributed by atoms with Crippen LogP contribution >= 0.6 is 0 Å². The molecule has 0 radical (unpaired) electrons. The summed E-state index contributed by atoms with van der Waals surface area (Å²) in [6, 6.07) is 7.37. The highest BCUT2D eigenvalue weighted by molar-refractivity contribution is 5.77. The number of rotatable bonds is 7. The van der Waals surface area contributed by atoms with Gasteiger partial charge >= 0.3 is 5.97 Å². The molecule has 0 heterocycles. The van der Waals surface area contributed by atoms with Crippen LogP contribution in [0.4, 0.5) is 11.4 Å². The molecule has 4 heteroatoms. The average Bonchev–Trinajstić information content (AvgIpc) is 2.38. The van der Waals surface area contributed by atoms with E-state index in [0.29, 0.717) is 6.42 Å². The third-order valence-electron chi connectivity index (χ3n) is 3.04. The third-order valence-corrected chi connectivity index (χ3v) is 3.04. The fourth-order valence-corrected chi connectivity index (χ4v) is 1.90. The second-order valence-corrected chi connectivity index (χ2v) is 4.16. The first-order valence-electron chi connectivity index (χ1n) is 6.46. The van der Waals surface area contributed by atoms with Gasteiger partial charge in [0.25, 0.3) is 0 Å². The SMILES string of the molecule is CCC(Nc1ccc(N(CC)CC)cc1)C(=O)O. The van der Waals surface area contributed by atoms with Crippen molar-refractivity contribution < 1.29 is 9.90 Å². The van der Waals surface area contributed by atoms with Gasteiger partial charge in [0.15, 0.2) is 0 Å². The molecule has 0 saturated heterocycles. The molecule has 1 atom stereocenters. The third kappa shape index (κ3) is 3.65. The lowest BCUT2D eigenvalue weighted by Crippen LogP contribution is -2.28. The first kappa shape index (κ1) is 14.4. The normalized spacial score (nSPS) is 11.9. The van der Waals surface area contributed by atoms with Crippen LogP contribution in [-0.2, 0) is 4.79 Å². The second kappa shape index (κ2) is 6.89. The number of benzene rings is 1. The van der Waals surface area contributed by atoms with Gasteiger partial charge in [0.1, 0.15) is 6.04 Å². The van der Waals surface area contributed by atoms with Gasteiger partial charge in [0, 0.05) is 24.5 Å². The van der Waals surface area contributed by atoms with Crippen LogP contribution in [0, 0.1) is 0 Å². The first-order valence-corrected chi connectivity index (χ1v) is 6.46. The lowest BCUT2D eigenvalue weighted by molar-refractivity contribution is -0.137. The van der Waals surface area contributed by atoms with Gasteiger partial charge in [-0.2, -0.15) is 0 Å². The average molecular weight is 250 g/mol. The number of nitrogens with one attached hydrogen (secondary N) is 1. The number of hydrogen-bond donors (Lipinski definition) is 2. The Balaban J connectivity index is 2.73. The molecule has 0 spiro atoms. The van der Waals surface area contributed by atoms with Crippen LogP contribution in [-0.4, -0.2) is 30.2 Å². The summed E-state index contributed by atoms with van der Waals surface area (Å²) in [4.78, 5) is 13.2. The van der Waals surface area contributed by atoms with Crippen molar-refractivity contribution in [1.82, 2.24) is 0 Å². The fourth-order valence-electron chi connectivity index (χ4n) is 1.90. The maximum Gasteiger partial charge on any atom is 0.326 e. The molecular formula is C14H22N2O2. The lowest BCUT2D eigenvalue weighted by Gasteiger charge is -2.21. The molecule has 0 aliphatic rings. The second-order valence-electron chi connectivity index (χ2n) is 4.16. The quantitative estimate of drug-likeness (QED) is 0.781. The summed E-state index contributed by atoms with van der Waals surface area (Å²) in [6.45, 7) is 8.03. The van der Waals surface area contributed by atoms with Crippen LogP contribution in [0.25, 0.3) is 0 Å². The molecule has 4 nitrogen and oxygen atoms in total. The molecule has 0 saturated carbocycles. The van der Waals surface area contributed by atoms with E-state index in [0.717, 1.165) is 24.5 Å². The highest BCUT2D eigenvalue weighted by atomic mass is 16.4. The highest BCUT2D eigenvalue weighted by Gasteiger charge is 2.14. The predicted molar refractivity (Wildman–Crippen MR) is 75.3 cm³/mol. The van der Waals surface area contributed by atoms with Crippen LogP contribution < -0.4 is 10.2 Å². The Kier molecular flexibility index (Phi) is 5.49. The largest absolute Gasteiger partial charge is 0.480 e. The molecule has 0 aromatic heterocycles. The van der Waals surface area contributed by atoms with E-state index in [1.165, 1.54) is 0 Å². The summed E-state index contributed by atoms with van der Waals surface area (Å²) in [5.41, 5.74) is 2.01. The smallest absolute Gasteiger partial charge is 0.326 e. The van der Waals surface area contributed by atoms with E-state index >= 15 is 0 Å². The van der Waals surface area contributed by atoms with Crippen LogP contribution in [0.5, 0.6) is 0 Å². The maximum absolute atomic E-state index is 10.9. The number of anilines is 2. The molecule has 0 aliphatic heterocycles. The molecule has 18 heavy (non-hydrogen) atoms. The van der Waals surface area contributed by atoms with Gasteiger partial charge in [0.05, 0.1) is 0 Å². The minimum Gasteiger partial charge on any atom is -0.480 e. The Labute approximate surface area is 109 Å². The molecule has 1 aromatic carbocycles. The lowest BCUT2D eigenvalue weighted by atomic mass is 10.2. The van der Waals surface area contributed by atoms with Crippen LogP contribution in [0.1, 0.15) is 27.2 Å². The molecule has 2 N–H and O–H groups in total. The number of carbonyl (C=O) groups is 1.